The van der Waals surface area contributed by atoms with Crippen LogP contribution in [0.2, 0.25) is 0 Å². The normalized spacial score (nSPS) is 34.9. The van der Waals surface area contributed by atoms with Crippen LogP contribution in [0, 0.1) is 11.3 Å². The number of nitrogens with one attached hydrogen (secondary N) is 1. The van der Waals surface area contributed by atoms with Crippen LogP contribution in [-0.2, 0) is 4.79 Å². The second-order valence-corrected chi connectivity index (χ2v) is 5.97. The summed E-state index contributed by atoms with van der Waals surface area (Å²) in [5.41, 5.74) is -0.199. The van der Waals surface area contributed by atoms with Gasteiger partial charge in [0.1, 0.15) is 0 Å². The molecule has 1 amide bonds. The molecule has 0 heterocycles. The van der Waals surface area contributed by atoms with E-state index < -0.39 is 5.54 Å². The molecule has 1 saturated carbocycles. The van der Waals surface area contributed by atoms with Gasteiger partial charge in [-0.2, -0.15) is 0 Å². The third-order valence-corrected chi connectivity index (χ3v) is 3.20. The van der Waals surface area contributed by atoms with Crippen LogP contribution in [-0.4, -0.2) is 23.2 Å². The lowest BCUT2D eigenvalue weighted by atomic mass is 9.64. The predicted octanol–water partition coefficient (Wildman–Crippen LogP) is 1.70. The summed E-state index contributed by atoms with van der Waals surface area (Å²) in [7, 11) is 0. The van der Waals surface area contributed by atoms with Gasteiger partial charge in [0.15, 0.2) is 0 Å². The summed E-state index contributed by atoms with van der Waals surface area (Å²) in [6.45, 7) is 8.15. The van der Waals surface area contributed by atoms with Crippen molar-refractivity contribution < 1.29 is 9.90 Å². The Morgan fingerprint density at radius 1 is 1.47 bits per heavy atom. The van der Waals surface area contributed by atoms with E-state index in [0.29, 0.717) is 5.92 Å². The van der Waals surface area contributed by atoms with Crippen LogP contribution in [0.5, 0.6) is 0 Å². The molecule has 0 saturated heterocycles. The molecule has 0 radical (unpaired) electrons. The maximum Gasteiger partial charge on any atom is 0.217 e. The Morgan fingerprint density at radius 3 is 2.47 bits per heavy atom. The fraction of sp³-hybridized carbons (Fsp3) is 0.917. The second-order valence-electron chi connectivity index (χ2n) is 5.97. The van der Waals surface area contributed by atoms with Gasteiger partial charge in [-0.3, -0.25) is 4.79 Å². The highest BCUT2D eigenvalue weighted by molar-refractivity contribution is 5.73. The van der Waals surface area contributed by atoms with Gasteiger partial charge < -0.3 is 10.4 Å². The molecule has 1 rings (SSSR count). The fourth-order valence-electron chi connectivity index (χ4n) is 3.37. The van der Waals surface area contributed by atoms with Gasteiger partial charge in [-0.25, -0.2) is 0 Å². The van der Waals surface area contributed by atoms with Gasteiger partial charge in [0.05, 0.1) is 12.1 Å². The maximum absolute atomic E-state index is 11.2. The van der Waals surface area contributed by atoms with E-state index in [1.807, 2.05) is 0 Å². The summed E-state index contributed by atoms with van der Waals surface area (Å²) in [6.07, 6.45) is 2.90. The predicted molar refractivity (Wildman–Crippen MR) is 60.4 cm³/mol. The average Bonchev–Trinajstić information content (AvgIpc) is 1.98. The van der Waals surface area contributed by atoms with E-state index in [1.54, 1.807) is 0 Å². The van der Waals surface area contributed by atoms with E-state index >= 15 is 0 Å². The zero-order chi connectivity index (χ0) is 11.7. The highest BCUT2D eigenvalue weighted by atomic mass is 16.3. The molecule has 3 nitrogen and oxygen atoms in total. The number of hydrogen-bond acceptors (Lipinski definition) is 2. The smallest absolute Gasteiger partial charge is 0.217 e. The quantitative estimate of drug-likeness (QED) is 0.733. The number of hydrogen-bond donors (Lipinski definition) is 2. The number of carbonyl (C=O) groups excluding carboxylic acids is 1. The lowest BCUT2D eigenvalue weighted by Gasteiger charge is -2.47. The highest BCUT2D eigenvalue weighted by Gasteiger charge is 2.42. The van der Waals surface area contributed by atoms with Crippen LogP contribution >= 0.6 is 0 Å². The van der Waals surface area contributed by atoms with Gasteiger partial charge in [-0.1, -0.05) is 20.8 Å². The first kappa shape index (κ1) is 12.5. The lowest BCUT2D eigenvalue weighted by Crippen LogP contribution is -2.56. The van der Waals surface area contributed by atoms with Crippen molar-refractivity contribution in [1.29, 1.82) is 0 Å². The number of rotatable bonds is 2. The van der Waals surface area contributed by atoms with E-state index in [4.69, 9.17) is 0 Å². The monoisotopic (exact) mass is 213 g/mol. The van der Waals surface area contributed by atoms with Crippen LogP contribution in [0.4, 0.5) is 0 Å². The summed E-state index contributed by atoms with van der Waals surface area (Å²) in [5, 5.41) is 12.5. The fourth-order valence-corrected chi connectivity index (χ4v) is 3.37. The minimum Gasteiger partial charge on any atom is -0.394 e. The van der Waals surface area contributed by atoms with Crippen molar-refractivity contribution in [2.24, 2.45) is 11.3 Å². The van der Waals surface area contributed by atoms with E-state index in [2.05, 4.69) is 26.1 Å². The molecule has 0 aliphatic heterocycles. The number of amides is 1. The molecule has 1 aliphatic carbocycles. The molecule has 1 aliphatic rings. The van der Waals surface area contributed by atoms with Crippen molar-refractivity contribution in [3.8, 4) is 0 Å². The Labute approximate surface area is 92.3 Å². The summed E-state index contributed by atoms with van der Waals surface area (Å²) in [6, 6.07) is 0. The minimum atomic E-state index is -0.396. The standard InChI is InChI=1S/C12H23NO2/c1-9-5-11(3,4)7-12(6-9,8-14)13-10(2)15/h9,14H,5-8H2,1-4H3,(H,13,15). The number of aliphatic hydroxyl groups is 1. The Kier molecular flexibility index (Phi) is 3.44. The van der Waals surface area contributed by atoms with Crippen LogP contribution in [0.1, 0.15) is 47.0 Å². The molecule has 2 atom stereocenters. The third kappa shape index (κ3) is 3.20. The Balaban J connectivity index is 2.83. The first-order chi connectivity index (χ1) is 6.79. The zero-order valence-corrected chi connectivity index (χ0v) is 10.3. The molecule has 88 valence electrons. The molecule has 0 aromatic carbocycles. The van der Waals surface area contributed by atoms with Gasteiger partial charge in [0, 0.05) is 6.92 Å². The van der Waals surface area contributed by atoms with Crippen molar-refractivity contribution in [1.82, 2.24) is 5.32 Å². The Hall–Kier alpha value is -0.570. The van der Waals surface area contributed by atoms with Crippen molar-refractivity contribution in [2.75, 3.05) is 6.61 Å². The first-order valence-electron chi connectivity index (χ1n) is 5.68. The topological polar surface area (TPSA) is 49.3 Å². The van der Waals surface area contributed by atoms with Crippen molar-refractivity contribution in [2.45, 2.75) is 52.5 Å². The second kappa shape index (κ2) is 4.12. The molecule has 0 aromatic rings. The summed E-state index contributed by atoms with van der Waals surface area (Å²) < 4.78 is 0. The third-order valence-electron chi connectivity index (χ3n) is 3.20. The SMILES string of the molecule is CC(=O)NC1(CO)CC(C)CC(C)(C)C1. The molecule has 2 unspecified atom stereocenters. The van der Waals surface area contributed by atoms with Crippen LogP contribution in [0.15, 0.2) is 0 Å². The van der Waals surface area contributed by atoms with Gasteiger partial charge >= 0.3 is 0 Å². The van der Waals surface area contributed by atoms with Crippen LogP contribution in [0.25, 0.3) is 0 Å². The van der Waals surface area contributed by atoms with Crippen molar-refractivity contribution >= 4 is 5.91 Å². The van der Waals surface area contributed by atoms with Crippen molar-refractivity contribution in [3.05, 3.63) is 0 Å². The molecular formula is C12H23NO2. The average molecular weight is 213 g/mol. The lowest BCUT2D eigenvalue weighted by molar-refractivity contribution is -0.123. The molecular weight excluding hydrogens is 190 g/mol. The van der Waals surface area contributed by atoms with Crippen molar-refractivity contribution in [3.63, 3.8) is 0 Å². The van der Waals surface area contributed by atoms with E-state index in [9.17, 15) is 9.90 Å². The summed E-state index contributed by atoms with van der Waals surface area (Å²) in [5.74, 6) is 0.502. The Morgan fingerprint density at radius 2 is 2.07 bits per heavy atom. The molecule has 2 N–H and O–H groups in total. The van der Waals surface area contributed by atoms with E-state index in [1.165, 1.54) is 6.92 Å². The van der Waals surface area contributed by atoms with Gasteiger partial charge in [-0.05, 0) is 30.6 Å². The summed E-state index contributed by atoms with van der Waals surface area (Å²) in [4.78, 5) is 11.2. The maximum atomic E-state index is 11.2. The minimum absolute atomic E-state index is 0.0420. The van der Waals surface area contributed by atoms with Crippen LogP contribution < -0.4 is 5.32 Å². The number of carbonyl (C=O) groups is 1. The molecule has 0 aromatic heterocycles. The summed E-state index contributed by atoms with van der Waals surface area (Å²) >= 11 is 0. The molecule has 3 heteroatoms. The molecule has 15 heavy (non-hydrogen) atoms. The molecule has 0 spiro atoms. The Bertz CT molecular complexity index is 250. The van der Waals surface area contributed by atoms with Gasteiger partial charge in [0.25, 0.3) is 0 Å². The first-order valence-corrected chi connectivity index (χ1v) is 5.68. The number of aliphatic hydroxyl groups excluding tert-OH is 1. The van der Waals surface area contributed by atoms with E-state index in [-0.39, 0.29) is 17.9 Å². The largest absolute Gasteiger partial charge is 0.394 e. The van der Waals surface area contributed by atoms with Gasteiger partial charge in [-0.15, -0.1) is 0 Å². The van der Waals surface area contributed by atoms with Gasteiger partial charge in [0.2, 0.25) is 5.91 Å². The van der Waals surface area contributed by atoms with Crippen LogP contribution in [0.3, 0.4) is 0 Å². The van der Waals surface area contributed by atoms with E-state index in [0.717, 1.165) is 19.3 Å². The highest BCUT2D eigenvalue weighted by Crippen LogP contribution is 2.43. The zero-order valence-electron chi connectivity index (χ0n) is 10.3. The molecule has 0 bridgehead atoms. The molecule has 1 fully saturated rings.